The zero-order valence-corrected chi connectivity index (χ0v) is 15.9. The summed E-state index contributed by atoms with van der Waals surface area (Å²) in [5.74, 6) is -0.704. The molecule has 2 aromatic rings. The number of thiazole rings is 1. The minimum atomic E-state index is -0.667. The van der Waals surface area contributed by atoms with Gasteiger partial charge in [0, 0.05) is 30.6 Å². The fourth-order valence-electron chi connectivity index (χ4n) is 2.18. The molecule has 0 aliphatic rings. The van der Waals surface area contributed by atoms with Gasteiger partial charge in [-0.3, -0.25) is 4.79 Å². The average Bonchev–Trinajstić information content (AvgIpc) is 3.12. The second-order valence-corrected chi connectivity index (χ2v) is 6.36. The fourth-order valence-corrected chi connectivity index (χ4v) is 2.87. The van der Waals surface area contributed by atoms with Crippen LogP contribution < -0.4 is 10.6 Å². The molecule has 0 unspecified atom stereocenters. The molecule has 27 heavy (non-hydrogen) atoms. The number of nitriles is 1. The van der Waals surface area contributed by atoms with Crippen LogP contribution in [0.4, 0.5) is 5.13 Å². The molecule has 140 valence electrons. The van der Waals surface area contributed by atoms with Gasteiger partial charge in [0.25, 0.3) is 0 Å². The second kappa shape index (κ2) is 10.1. The molecule has 0 spiro atoms. The van der Waals surface area contributed by atoms with Crippen LogP contribution in [0.2, 0.25) is 0 Å². The molecule has 0 aliphatic carbocycles. The van der Waals surface area contributed by atoms with Crippen molar-refractivity contribution in [2.45, 2.75) is 20.3 Å². The molecular weight excluding hydrogens is 364 g/mol. The topological polar surface area (TPSA) is 104 Å². The minimum absolute atomic E-state index is 0.0364. The number of carbonyl (C=O) groups is 2. The minimum Gasteiger partial charge on any atom is -0.462 e. The maximum Gasteiger partial charge on any atom is 0.350 e. The third-order valence-corrected chi connectivity index (χ3v) is 4.27. The van der Waals surface area contributed by atoms with E-state index in [-0.39, 0.29) is 18.1 Å². The highest BCUT2D eigenvalue weighted by Crippen LogP contribution is 2.25. The molecule has 0 saturated carbocycles. The number of amides is 1. The Morgan fingerprint density at radius 1 is 1.33 bits per heavy atom. The molecule has 2 rings (SSSR count). The van der Waals surface area contributed by atoms with Crippen LogP contribution in [-0.2, 0) is 20.7 Å². The van der Waals surface area contributed by atoms with E-state index in [0.717, 1.165) is 23.2 Å². The van der Waals surface area contributed by atoms with Gasteiger partial charge in [0.15, 0.2) is 10.7 Å². The fraction of sp³-hybridized carbons (Fsp3) is 0.263. The van der Waals surface area contributed by atoms with Crippen molar-refractivity contribution in [1.82, 2.24) is 10.3 Å². The number of ether oxygens (including phenoxy) is 1. The van der Waals surface area contributed by atoms with Crippen molar-refractivity contribution in [3.8, 4) is 17.3 Å². The largest absolute Gasteiger partial charge is 0.462 e. The standard InChI is InChI=1S/C19H20N4O3S/c1-3-26-18(25)16(10-20)11-22-19-23-17(12-27-19)15-6-4-14(5-7-15)8-9-21-13(2)24/h4-7,11-12H,3,8-9H2,1-2H3,(H,21,24)(H,22,23)/b16-11+. The van der Waals surface area contributed by atoms with Crippen LogP contribution in [0.15, 0.2) is 41.4 Å². The van der Waals surface area contributed by atoms with Crippen LogP contribution in [0.3, 0.4) is 0 Å². The van der Waals surface area contributed by atoms with Crippen LogP contribution in [0.5, 0.6) is 0 Å². The lowest BCUT2D eigenvalue weighted by molar-refractivity contribution is -0.138. The molecule has 1 aromatic heterocycles. The summed E-state index contributed by atoms with van der Waals surface area (Å²) in [5.41, 5.74) is 2.76. The zero-order chi connectivity index (χ0) is 19.6. The third-order valence-electron chi connectivity index (χ3n) is 3.50. The number of hydrogen-bond acceptors (Lipinski definition) is 7. The Morgan fingerprint density at radius 3 is 2.70 bits per heavy atom. The van der Waals surface area contributed by atoms with Gasteiger partial charge in [0.2, 0.25) is 5.91 Å². The first-order valence-electron chi connectivity index (χ1n) is 8.36. The molecule has 1 amide bonds. The number of nitrogens with zero attached hydrogens (tertiary/aromatic N) is 2. The average molecular weight is 384 g/mol. The van der Waals surface area contributed by atoms with E-state index in [2.05, 4.69) is 15.6 Å². The SMILES string of the molecule is CCOC(=O)/C(C#N)=C/Nc1nc(-c2ccc(CCNC(C)=O)cc2)cs1. The number of hydrogen-bond donors (Lipinski definition) is 2. The van der Waals surface area contributed by atoms with E-state index in [0.29, 0.717) is 11.7 Å². The first-order chi connectivity index (χ1) is 13.0. The van der Waals surface area contributed by atoms with Crippen molar-refractivity contribution in [1.29, 1.82) is 5.26 Å². The van der Waals surface area contributed by atoms with E-state index in [1.54, 1.807) is 13.0 Å². The first kappa shape index (κ1) is 20.1. The van der Waals surface area contributed by atoms with Gasteiger partial charge in [0.05, 0.1) is 12.3 Å². The van der Waals surface area contributed by atoms with Gasteiger partial charge in [-0.1, -0.05) is 24.3 Å². The monoisotopic (exact) mass is 384 g/mol. The van der Waals surface area contributed by atoms with Gasteiger partial charge < -0.3 is 15.4 Å². The van der Waals surface area contributed by atoms with Gasteiger partial charge >= 0.3 is 5.97 Å². The second-order valence-electron chi connectivity index (χ2n) is 5.50. The Bertz CT molecular complexity index is 866. The van der Waals surface area contributed by atoms with Crippen molar-refractivity contribution in [3.63, 3.8) is 0 Å². The van der Waals surface area contributed by atoms with Gasteiger partial charge in [-0.15, -0.1) is 11.3 Å². The highest BCUT2D eigenvalue weighted by Gasteiger charge is 2.10. The van der Waals surface area contributed by atoms with Crippen molar-refractivity contribution in [2.24, 2.45) is 0 Å². The number of rotatable bonds is 8. The number of aromatic nitrogens is 1. The molecule has 1 aromatic carbocycles. The summed E-state index contributed by atoms with van der Waals surface area (Å²) in [5, 5.41) is 17.1. The van der Waals surface area contributed by atoms with Gasteiger partial charge in [-0.2, -0.15) is 5.26 Å². The highest BCUT2D eigenvalue weighted by atomic mass is 32.1. The Balaban J connectivity index is 1.99. The Kier molecular flexibility index (Phi) is 7.52. The molecular formula is C19H20N4O3S. The van der Waals surface area contributed by atoms with Crippen LogP contribution in [0, 0.1) is 11.3 Å². The third kappa shape index (κ3) is 6.24. The highest BCUT2D eigenvalue weighted by molar-refractivity contribution is 7.14. The molecule has 8 heteroatoms. The number of anilines is 1. The summed E-state index contributed by atoms with van der Waals surface area (Å²) in [6.07, 6.45) is 2.06. The van der Waals surface area contributed by atoms with Crippen molar-refractivity contribution >= 4 is 28.3 Å². The molecule has 0 aliphatic heterocycles. The molecule has 0 bridgehead atoms. The lowest BCUT2D eigenvalue weighted by Gasteiger charge is -2.03. The summed E-state index contributed by atoms with van der Waals surface area (Å²) < 4.78 is 4.80. The Labute approximate surface area is 161 Å². The normalized spacial score (nSPS) is 10.8. The van der Waals surface area contributed by atoms with E-state index >= 15 is 0 Å². The zero-order valence-electron chi connectivity index (χ0n) is 15.1. The Hall–Kier alpha value is -3.18. The summed E-state index contributed by atoms with van der Waals surface area (Å²) in [4.78, 5) is 26.9. The predicted molar refractivity (Wildman–Crippen MR) is 104 cm³/mol. The molecule has 7 nitrogen and oxygen atoms in total. The van der Waals surface area contributed by atoms with Crippen LogP contribution in [0.1, 0.15) is 19.4 Å². The van der Waals surface area contributed by atoms with Gasteiger partial charge in [0.1, 0.15) is 6.07 Å². The molecule has 0 saturated heterocycles. The van der Waals surface area contributed by atoms with E-state index in [9.17, 15) is 9.59 Å². The maximum absolute atomic E-state index is 11.6. The maximum atomic E-state index is 11.6. The summed E-state index contributed by atoms with van der Waals surface area (Å²) >= 11 is 1.37. The smallest absolute Gasteiger partial charge is 0.350 e. The molecule has 0 atom stereocenters. The van der Waals surface area contributed by atoms with E-state index < -0.39 is 5.97 Å². The van der Waals surface area contributed by atoms with E-state index in [1.165, 1.54) is 24.5 Å². The van der Waals surface area contributed by atoms with Crippen LogP contribution in [0.25, 0.3) is 11.3 Å². The Morgan fingerprint density at radius 2 is 2.07 bits per heavy atom. The summed E-state index contributed by atoms with van der Waals surface area (Å²) in [6.45, 7) is 3.99. The van der Waals surface area contributed by atoms with Crippen LogP contribution in [-0.4, -0.2) is 30.0 Å². The number of benzene rings is 1. The summed E-state index contributed by atoms with van der Waals surface area (Å²) in [7, 11) is 0. The van der Waals surface area contributed by atoms with Crippen LogP contribution >= 0.6 is 11.3 Å². The van der Waals surface area contributed by atoms with Crippen molar-refractivity contribution in [3.05, 3.63) is 47.0 Å². The quantitative estimate of drug-likeness (QED) is 0.412. The molecule has 0 fully saturated rings. The lowest BCUT2D eigenvalue weighted by atomic mass is 10.1. The number of esters is 1. The molecule has 0 radical (unpaired) electrons. The van der Waals surface area contributed by atoms with Gasteiger partial charge in [-0.05, 0) is 18.9 Å². The van der Waals surface area contributed by atoms with Crippen molar-refractivity contribution in [2.75, 3.05) is 18.5 Å². The summed E-state index contributed by atoms with van der Waals surface area (Å²) in [6, 6.07) is 9.73. The van der Waals surface area contributed by atoms with E-state index in [4.69, 9.17) is 10.00 Å². The predicted octanol–water partition coefficient (Wildman–Crippen LogP) is 2.87. The number of carbonyl (C=O) groups excluding carboxylic acids is 2. The van der Waals surface area contributed by atoms with Crippen molar-refractivity contribution < 1.29 is 14.3 Å². The van der Waals surface area contributed by atoms with Gasteiger partial charge in [-0.25, -0.2) is 9.78 Å². The molecule has 2 N–H and O–H groups in total. The lowest BCUT2D eigenvalue weighted by Crippen LogP contribution is -2.22. The van der Waals surface area contributed by atoms with E-state index in [1.807, 2.05) is 29.6 Å². The molecule has 1 heterocycles. The number of nitrogens with one attached hydrogen (secondary N) is 2. The first-order valence-corrected chi connectivity index (χ1v) is 9.24.